The van der Waals surface area contributed by atoms with E-state index in [-0.39, 0.29) is 11.8 Å². The third-order valence-corrected chi connectivity index (χ3v) is 6.72. The first kappa shape index (κ1) is 22.5. The Morgan fingerprint density at radius 1 is 1.17 bits per heavy atom. The molecule has 1 aliphatic rings. The van der Waals surface area contributed by atoms with E-state index in [4.69, 9.17) is 4.74 Å². The van der Waals surface area contributed by atoms with Gasteiger partial charge in [0.2, 0.25) is 10.9 Å². The topological polar surface area (TPSA) is 96.5 Å². The van der Waals surface area contributed by atoms with Gasteiger partial charge in [0.05, 0.1) is 12.9 Å². The van der Waals surface area contributed by atoms with E-state index in [1.165, 1.54) is 42.4 Å². The summed E-state index contributed by atoms with van der Waals surface area (Å²) in [5, 5.41) is 14.8. The van der Waals surface area contributed by atoms with Gasteiger partial charge in [-0.1, -0.05) is 17.8 Å². The number of thioether (sulfide) groups is 1. The summed E-state index contributed by atoms with van der Waals surface area (Å²) in [4.78, 5) is 26.7. The highest BCUT2D eigenvalue weighted by Gasteiger charge is 2.14. The van der Waals surface area contributed by atoms with Crippen LogP contribution in [0.2, 0.25) is 0 Å². The van der Waals surface area contributed by atoms with Crippen LogP contribution in [0.15, 0.2) is 24.3 Å². The van der Waals surface area contributed by atoms with Crippen molar-refractivity contribution in [1.82, 2.24) is 20.4 Å². The van der Waals surface area contributed by atoms with Gasteiger partial charge in [0, 0.05) is 24.5 Å². The van der Waals surface area contributed by atoms with Crippen LogP contribution in [0.5, 0.6) is 5.75 Å². The average Bonchev–Trinajstić information content (AvgIpc) is 3.24. The Hall–Kier alpha value is -2.17. The molecule has 0 unspecified atom stereocenters. The predicted octanol–water partition coefficient (Wildman–Crippen LogP) is 2.63. The van der Waals surface area contributed by atoms with E-state index in [1.54, 1.807) is 31.4 Å². The summed E-state index contributed by atoms with van der Waals surface area (Å²) in [6, 6.07) is 7.07. The number of amides is 2. The number of ether oxygens (including phenoxy) is 1. The van der Waals surface area contributed by atoms with E-state index in [1.807, 2.05) is 0 Å². The molecule has 1 aromatic carbocycles. The van der Waals surface area contributed by atoms with Gasteiger partial charge in [-0.3, -0.25) is 9.59 Å². The van der Waals surface area contributed by atoms with Crippen LogP contribution in [0.1, 0.15) is 34.1 Å². The van der Waals surface area contributed by atoms with Crippen LogP contribution in [0, 0.1) is 0 Å². The van der Waals surface area contributed by atoms with Gasteiger partial charge >= 0.3 is 0 Å². The molecule has 0 saturated carbocycles. The van der Waals surface area contributed by atoms with Crippen molar-refractivity contribution in [2.75, 3.05) is 44.4 Å². The van der Waals surface area contributed by atoms with Gasteiger partial charge < -0.3 is 20.3 Å². The first-order valence-corrected chi connectivity index (χ1v) is 12.0. The Bertz CT molecular complexity index is 822. The minimum absolute atomic E-state index is 0.0268. The molecule has 1 fully saturated rings. The molecule has 2 N–H and O–H groups in total. The predicted molar refractivity (Wildman–Crippen MR) is 120 cm³/mol. The number of methoxy groups -OCH3 is 1. The van der Waals surface area contributed by atoms with Crippen molar-refractivity contribution in [3.05, 3.63) is 34.3 Å². The van der Waals surface area contributed by atoms with Crippen LogP contribution in [0.3, 0.4) is 0 Å². The van der Waals surface area contributed by atoms with Crippen molar-refractivity contribution >= 4 is 40.6 Å². The van der Waals surface area contributed by atoms with Crippen LogP contribution >= 0.6 is 23.1 Å². The van der Waals surface area contributed by atoms with Crippen molar-refractivity contribution in [2.45, 2.75) is 25.0 Å². The van der Waals surface area contributed by atoms with Crippen LogP contribution in [0.25, 0.3) is 0 Å². The molecule has 3 rings (SSSR count). The number of aromatic nitrogens is 2. The van der Waals surface area contributed by atoms with Crippen molar-refractivity contribution in [3.8, 4) is 5.75 Å². The summed E-state index contributed by atoms with van der Waals surface area (Å²) < 4.78 is 5.10. The van der Waals surface area contributed by atoms with Gasteiger partial charge in [0.25, 0.3) is 5.91 Å². The molecule has 30 heavy (non-hydrogen) atoms. The van der Waals surface area contributed by atoms with E-state index < -0.39 is 0 Å². The van der Waals surface area contributed by atoms with E-state index >= 15 is 0 Å². The number of piperidine rings is 1. The van der Waals surface area contributed by atoms with E-state index in [0.29, 0.717) is 28.7 Å². The first-order chi connectivity index (χ1) is 14.6. The average molecular weight is 450 g/mol. The Morgan fingerprint density at radius 3 is 2.67 bits per heavy atom. The lowest BCUT2D eigenvalue weighted by Crippen LogP contribution is -2.38. The number of anilines is 1. The molecule has 2 aromatic rings. The Morgan fingerprint density at radius 2 is 1.93 bits per heavy atom. The summed E-state index contributed by atoms with van der Waals surface area (Å²) in [7, 11) is 1.59. The largest absolute Gasteiger partial charge is 0.497 e. The maximum absolute atomic E-state index is 12.3. The maximum Gasteiger partial charge on any atom is 0.286 e. The second kappa shape index (κ2) is 11.9. The Balaban J connectivity index is 1.34. The molecule has 0 atom stereocenters. The van der Waals surface area contributed by atoms with Gasteiger partial charge in [-0.2, -0.15) is 0 Å². The molecule has 1 aromatic heterocycles. The highest BCUT2D eigenvalue weighted by atomic mass is 32.2. The number of nitrogens with zero attached hydrogens (tertiary/aromatic N) is 3. The molecule has 162 valence electrons. The van der Waals surface area contributed by atoms with Crippen LogP contribution in [-0.4, -0.2) is 66.0 Å². The normalized spacial score (nSPS) is 14.3. The summed E-state index contributed by atoms with van der Waals surface area (Å²) in [5.41, 5.74) is 0.660. The molecule has 1 aliphatic heterocycles. The van der Waals surface area contributed by atoms with E-state index in [0.717, 1.165) is 30.4 Å². The Kier molecular flexibility index (Phi) is 8.91. The van der Waals surface area contributed by atoms with Crippen molar-refractivity contribution in [1.29, 1.82) is 0 Å². The number of hydrogen-bond acceptors (Lipinski definition) is 8. The van der Waals surface area contributed by atoms with Crippen LogP contribution in [-0.2, 0) is 10.5 Å². The molecule has 1 saturated heterocycles. The zero-order chi connectivity index (χ0) is 21.2. The summed E-state index contributed by atoms with van der Waals surface area (Å²) in [5.74, 6) is 1.36. The standard InChI is InChI=1S/C20H27N5O3S2/c1-28-16-7-5-15(6-8-16)22-19(27)20-24-23-18(30-20)14-29-13-17(26)21-9-12-25-10-3-2-4-11-25/h5-8H,2-4,9-14H2,1H3,(H,21,26)(H,22,27). The Labute approximate surface area is 184 Å². The summed E-state index contributed by atoms with van der Waals surface area (Å²) in [6.07, 6.45) is 3.83. The van der Waals surface area contributed by atoms with E-state index in [9.17, 15) is 9.59 Å². The van der Waals surface area contributed by atoms with Gasteiger partial charge in [-0.25, -0.2) is 0 Å². The summed E-state index contributed by atoms with van der Waals surface area (Å²) >= 11 is 2.71. The molecular weight excluding hydrogens is 422 g/mol. The molecule has 0 bridgehead atoms. The molecule has 0 radical (unpaired) electrons. The molecule has 2 amide bonds. The third kappa shape index (κ3) is 7.26. The number of benzene rings is 1. The molecule has 8 nitrogen and oxygen atoms in total. The number of rotatable bonds is 10. The zero-order valence-corrected chi connectivity index (χ0v) is 18.7. The second-order valence-electron chi connectivity index (χ2n) is 6.93. The lowest BCUT2D eigenvalue weighted by atomic mass is 10.1. The van der Waals surface area contributed by atoms with Crippen LogP contribution in [0.4, 0.5) is 5.69 Å². The minimum atomic E-state index is -0.302. The van der Waals surface area contributed by atoms with Gasteiger partial charge in [-0.15, -0.1) is 22.0 Å². The lowest BCUT2D eigenvalue weighted by Gasteiger charge is -2.26. The molecular formula is C20H27N5O3S2. The van der Waals surface area contributed by atoms with Gasteiger partial charge in [0.15, 0.2) is 0 Å². The molecule has 0 aliphatic carbocycles. The fraction of sp³-hybridized carbons (Fsp3) is 0.500. The van der Waals surface area contributed by atoms with Crippen molar-refractivity contribution in [2.24, 2.45) is 0 Å². The number of likely N-dealkylation sites (tertiary alicyclic amines) is 1. The number of carbonyl (C=O) groups is 2. The number of nitrogens with one attached hydrogen (secondary N) is 2. The van der Waals surface area contributed by atoms with Crippen molar-refractivity contribution in [3.63, 3.8) is 0 Å². The fourth-order valence-corrected chi connectivity index (χ4v) is 4.72. The number of carbonyl (C=O) groups excluding carboxylic acids is 2. The van der Waals surface area contributed by atoms with E-state index in [2.05, 4.69) is 25.7 Å². The zero-order valence-electron chi connectivity index (χ0n) is 17.1. The monoisotopic (exact) mass is 449 g/mol. The minimum Gasteiger partial charge on any atom is -0.497 e. The fourth-order valence-electron chi connectivity index (χ4n) is 3.08. The smallest absolute Gasteiger partial charge is 0.286 e. The van der Waals surface area contributed by atoms with Crippen LogP contribution < -0.4 is 15.4 Å². The van der Waals surface area contributed by atoms with Gasteiger partial charge in [0.1, 0.15) is 10.8 Å². The maximum atomic E-state index is 12.3. The first-order valence-electron chi connectivity index (χ1n) is 9.98. The summed E-state index contributed by atoms with van der Waals surface area (Å²) in [6.45, 7) is 3.87. The molecule has 0 spiro atoms. The molecule has 2 heterocycles. The van der Waals surface area contributed by atoms with Crippen molar-refractivity contribution < 1.29 is 14.3 Å². The van der Waals surface area contributed by atoms with Gasteiger partial charge in [-0.05, 0) is 50.2 Å². The third-order valence-electron chi connectivity index (χ3n) is 4.67. The highest BCUT2D eigenvalue weighted by molar-refractivity contribution is 7.99. The quantitative estimate of drug-likeness (QED) is 0.576. The lowest BCUT2D eigenvalue weighted by molar-refractivity contribution is -0.118. The molecule has 10 heteroatoms. The number of hydrogen-bond donors (Lipinski definition) is 2. The SMILES string of the molecule is COc1ccc(NC(=O)c2nnc(CSCC(=O)NCCN3CCCCC3)s2)cc1. The highest BCUT2D eigenvalue weighted by Crippen LogP contribution is 2.19. The second-order valence-corrected chi connectivity index (χ2v) is 8.98.